The van der Waals surface area contributed by atoms with E-state index in [9.17, 15) is 24.0 Å². The minimum atomic E-state index is -1.66. The van der Waals surface area contributed by atoms with Crippen LogP contribution in [0.3, 0.4) is 0 Å². The van der Waals surface area contributed by atoms with Gasteiger partial charge in [0.25, 0.3) is 0 Å². The first-order chi connectivity index (χ1) is 12.9. The van der Waals surface area contributed by atoms with Crippen molar-refractivity contribution in [1.82, 2.24) is 16.0 Å². The van der Waals surface area contributed by atoms with Crippen LogP contribution in [-0.4, -0.2) is 69.8 Å². The first-order valence-corrected chi connectivity index (χ1v) is 9.24. The van der Waals surface area contributed by atoms with Gasteiger partial charge in [0.2, 0.25) is 17.7 Å². The number of carbonyl (C=O) groups excluding carboxylic acids is 3. The van der Waals surface area contributed by atoms with Gasteiger partial charge in [-0.3, -0.25) is 19.2 Å². The summed E-state index contributed by atoms with van der Waals surface area (Å²) in [7, 11) is 0. The Hall–Kier alpha value is -2.34. The van der Waals surface area contributed by atoms with Crippen LogP contribution in [0.1, 0.15) is 33.6 Å². The first-order valence-electron chi connectivity index (χ1n) is 8.61. The van der Waals surface area contributed by atoms with Gasteiger partial charge in [0, 0.05) is 5.75 Å². The van der Waals surface area contributed by atoms with Crippen molar-refractivity contribution in [2.75, 3.05) is 5.75 Å². The van der Waals surface area contributed by atoms with Crippen molar-refractivity contribution in [3.05, 3.63) is 0 Å². The summed E-state index contributed by atoms with van der Waals surface area (Å²) < 4.78 is 0. The number of hydrogen-bond donors (Lipinski definition) is 7. The van der Waals surface area contributed by atoms with E-state index in [-0.39, 0.29) is 11.7 Å². The zero-order valence-electron chi connectivity index (χ0n) is 16.0. The van der Waals surface area contributed by atoms with Gasteiger partial charge in [0.05, 0.1) is 12.5 Å². The third-order valence-electron chi connectivity index (χ3n) is 3.62. The molecule has 160 valence electrons. The normalized spacial score (nSPS) is 15.1. The Morgan fingerprint density at radius 2 is 1.43 bits per heavy atom. The van der Waals surface area contributed by atoms with Gasteiger partial charge in [0.15, 0.2) is 0 Å². The molecule has 28 heavy (non-hydrogen) atoms. The molecule has 0 rings (SSSR count). The fraction of sp³-hybridized carbons (Fsp3) is 0.688. The predicted octanol–water partition coefficient (Wildman–Crippen LogP) is -1.68. The highest BCUT2D eigenvalue weighted by atomic mass is 32.1. The third kappa shape index (κ3) is 9.55. The van der Waals surface area contributed by atoms with Crippen LogP contribution in [-0.2, 0) is 24.0 Å². The average Bonchev–Trinajstić information content (AvgIpc) is 2.57. The van der Waals surface area contributed by atoms with Crippen molar-refractivity contribution in [3.63, 3.8) is 0 Å². The van der Waals surface area contributed by atoms with Gasteiger partial charge in [0.1, 0.15) is 18.1 Å². The molecule has 0 spiro atoms. The van der Waals surface area contributed by atoms with E-state index >= 15 is 0 Å². The van der Waals surface area contributed by atoms with Crippen LogP contribution in [0.4, 0.5) is 0 Å². The van der Waals surface area contributed by atoms with Crippen molar-refractivity contribution in [1.29, 1.82) is 0 Å². The van der Waals surface area contributed by atoms with Gasteiger partial charge in [-0.2, -0.15) is 12.6 Å². The minimum absolute atomic E-state index is 0.176. The Balaban J connectivity index is 4.83. The van der Waals surface area contributed by atoms with Crippen LogP contribution in [0, 0.1) is 5.92 Å². The number of carboxylic acids is 2. The number of aliphatic carboxylic acids is 2. The molecule has 0 radical (unpaired) electrons. The molecule has 0 aliphatic rings. The first kappa shape index (κ1) is 25.7. The molecule has 0 saturated carbocycles. The Kier molecular flexibility index (Phi) is 11.2. The fourth-order valence-electron chi connectivity index (χ4n) is 2.14. The summed E-state index contributed by atoms with van der Waals surface area (Å²) in [4.78, 5) is 58.0. The maximum Gasteiger partial charge on any atom is 0.326 e. The van der Waals surface area contributed by atoms with E-state index in [0.29, 0.717) is 6.42 Å². The van der Waals surface area contributed by atoms with E-state index in [1.54, 1.807) is 0 Å². The molecule has 0 aliphatic heterocycles. The molecule has 7 N–H and O–H groups in total. The SMILES string of the molecule is CC(C)CC(N)C(=O)NC(C)C(=O)NC(CS)C(=O)NC(CC(=O)O)C(=O)O. The largest absolute Gasteiger partial charge is 0.481 e. The maximum absolute atomic E-state index is 12.2. The zero-order chi connectivity index (χ0) is 22.0. The molecule has 0 bridgehead atoms. The number of nitrogens with two attached hydrogens (primary N) is 1. The number of thiol groups is 1. The lowest BCUT2D eigenvalue weighted by atomic mass is 10.0. The van der Waals surface area contributed by atoms with Crippen molar-refractivity contribution in [2.24, 2.45) is 11.7 Å². The average molecular weight is 420 g/mol. The number of amides is 3. The highest BCUT2D eigenvalue weighted by Crippen LogP contribution is 2.03. The molecule has 12 heteroatoms. The molecule has 0 saturated heterocycles. The lowest BCUT2D eigenvalue weighted by Gasteiger charge is -2.22. The van der Waals surface area contributed by atoms with E-state index in [1.807, 2.05) is 19.2 Å². The highest BCUT2D eigenvalue weighted by Gasteiger charge is 2.29. The number of rotatable bonds is 12. The summed E-state index contributed by atoms with van der Waals surface area (Å²) in [5.41, 5.74) is 5.74. The molecule has 0 aromatic carbocycles. The standard InChI is InChI=1S/C16H28N4O7S/c1-7(2)4-9(17)14(24)18-8(3)13(23)20-11(6-28)15(25)19-10(16(26)27)5-12(21)22/h7-11,28H,4-6,17H2,1-3H3,(H,18,24)(H,19,25)(H,20,23)(H,21,22)(H,26,27). The van der Waals surface area contributed by atoms with E-state index in [1.165, 1.54) is 6.92 Å². The van der Waals surface area contributed by atoms with Gasteiger partial charge in [-0.25, -0.2) is 4.79 Å². The summed E-state index contributed by atoms with van der Waals surface area (Å²) in [6, 6.07) is -4.67. The molecule has 0 aromatic rings. The van der Waals surface area contributed by atoms with Gasteiger partial charge >= 0.3 is 11.9 Å². The van der Waals surface area contributed by atoms with Gasteiger partial charge in [-0.1, -0.05) is 13.8 Å². The maximum atomic E-state index is 12.2. The second-order valence-electron chi connectivity index (χ2n) is 6.71. The fourth-order valence-corrected chi connectivity index (χ4v) is 2.40. The smallest absolute Gasteiger partial charge is 0.326 e. The Morgan fingerprint density at radius 3 is 1.86 bits per heavy atom. The summed E-state index contributed by atoms with van der Waals surface area (Å²) in [6.45, 7) is 5.19. The van der Waals surface area contributed by atoms with E-state index in [4.69, 9.17) is 15.9 Å². The molecule has 0 aliphatic carbocycles. The molecule has 0 heterocycles. The van der Waals surface area contributed by atoms with E-state index in [2.05, 4.69) is 23.3 Å². The number of hydrogen-bond acceptors (Lipinski definition) is 7. The zero-order valence-corrected chi connectivity index (χ0v) is 16.9. The van der Waals surface area contributed by atoms with Crippen molar-refractivity contribution in [2.45, 2.75) is 57.8 Å². The molecular formula is C16H28N4O7S. The summed E-state index contributed by atoms with van der Waals surface area (Å²) in [6.07, 6.45) is -0.392. The van der Waals surface area contributed by atoms with Crippen LogP contribution in [0.25, 0.3) is 0 Å². The summed E-state index contributed by atoms with van der Waals surface area (Å²) in [5.74, 6) is -5.06. The Bertz CT molecular complexity index is 600. The molecule has 4 unspecified atom stereocenters. The number of carbonyl (C=O) groups is 5. The Labute approximate surface area is 168 Å². The summed E-state index contributed by atoms with van der Waals surface area (Å²) >= 11 is 3.94. The van der Waals surface area contributed by atoms with Crippen LogP contribution in [0.2, 0.25) is 0 Å². The predicted molar refractivity (Wildman–Crippen MR) is 103 cm³/mol. The second kappa shape index (κ2) is 12.2. The topological polar surface area (TPSA) is 188 Å². The van der Waals surface area contributed by atoms with Crippen molar-refractivity contribution >= 4 is 42.3 Å². The van der Waals surface area contributed by atoms with Gasteiger partial charge in [-0.05, 0) is 19.3 Å². The molecule has 11 nitrogen and oxygen atoms in total. The molecule has 4 atom stereocenters. The number of nitrogens with one attached hydrogen (secondary N) is 3. The quantitative estimate of drug-likeness (QED) is 0.182. The molecule has 3 amide bonds. The molecule has 0 aromatic heterocycles. The van der Waals surface area contributed by atoms with E-state index < -0.39 is 60.2 Å². The third-order valence-corrected chi connectivity index (χ3v) is 3.99. The molecule has 0 fully saturated rings. The molecular weight excluding hydrogens is 392 g/mol. The Morgan fingerprint density at radius 1 is 0.893 bits per heavy atom. The van der Waals surface area contributed by atoms with Crippen molar-refractivity contribution in [3.8, 4) is 0 Å². The summed E-state index contributed by atoms with van der Waals surface area (Å²) in [5, 5.41) is 24.5. The number of carboxylic acid groups (broad SMARTS) is 2. The monoisotopic (exact) mass is 420 g/mol. The highest BCUT2D eigenvalue weighted by molar-refractivity contribution is 7.80. The van der Waals surface area contributed by atoms with Gasteiger partial charge < -0.3 is 31.9 Å². The minimum Gasteiger partial charge on any atom is -0.481 e. The lowest BCUT2D eigenvalue weighted by Crippen LogP contribution is -2.57. The second-order valence-corrected chi connectivity index (χ2v) is 7.07. The van der Waals surface area contributed by atoms with Crippen LogP contribution in [0.15, 0.2) is 0 Å². The van der Waals surface area contributed by atoms with Crippen LogP contribution >= 0.6 is 12.6 Å². The van der Waals surface area contributed by atoms with Crippen LogP contribution < -0.4 is 21.7 Å². The lowest BCUT2D eigenvalue weighted by molar-refractivity contribution is -0.147. The van der Waals surface area contributed by atoms with Gasteiger partial charge in [-0.15, -0.1) is 0 Å². The van der Waals surface area contributed by atoms with Crippen molar-refractivity contribution < 1.29 is 34.2 Å². The van der Waals surface area contributed by atoms with E-state index in [0.717, 1.165) is 0 Å². The van der Waals surface area contributed by atoms with Crippen LogP contribution in [0.5, 0.6) is 0 Å².